The number of fused-ring (bicyclic) bond motifs is 2. The van der Waals surface area contributed by atoms with E-state index in [4.69, 9.17) is 0 Å². The lowest BCUT2D eigenvalue weighted by atomic mass is 9.93. The lowest BCUT2D eigenvalue weighted by Crippen LogP contribution is -2.48. The second kappa shape index (κ2) is 5.98. The van der Waals surface area contributed by atoms with E-state index in [1.807, 2.05) is 48.9 Å². The summed E-state index contributed by atoms with van der Waals surface area (Å²) in [5, 5.41) is 9.63. The summed E-state index contributed by atoms with van der Waals surface area (Å²) in [6, 6.07) is 12.1. The Morgan fingerprint density at radius 3 is 2.62 bits per heavy atom. The third kappa shape index (κ3) is 2.54. The van der Waals surface area contributed by atoms with Crippen molar-refractivity contribution in [1.29, 1.82) is 0 Å². The molecule has 2 heterocycles. The maximum Gasteiger partial charge on any atom is 0.326 e. The van der Waals surface area contributed by atoms with Gasteiger partial charge in [0.1, 0.15) is 11.9 Å². The van der Waals surface area contributed by atoms with E-state index in [1.165, 1.54) is 4.90 Å². The minimum absolute atomic E-state index is 0.280. The van der Waals surface area contributed by atoms with Gasteiger partial charge >= 0.3 is 5.97 Å². The normalized spacial score (nSPS) is 16.5. The number of aryl methyl sites for hydroxylation is 2. The molecular weight excluding hydrogens is 330 g/mol. The Morgan fingerprint density at radius 1 is 1.15 bits per heavy atom. The lowest BCUT2D eigenvalue weighted by molar-refractivity contribution is -0.142. The van der Waals surface area contributed by atoms with Crippen LogP contribution in [0.15, 0.2) is 42.5 Å². The molecule has 1 aliphatic rings. The van der Waals surface area contributed by atoms with Crippen molar-refractivity contribution in [3.63, 3.8) is 0 Å². The van der Waals surface area contributed by atoms with Crippen LogP contribution in [0.2, 0.25) is 0 Å². The van der Waals surface area contributed by atoms with Gasteiger partial charge in [-0.1, -0.05) is 24.3 Å². The maximum absolute atomic E-state index is 13.1. The third-order valence-electron chi connectivity index (χ3n) is 5.15. The number of aliphatic carboxylic acids is 1. The molecule has 6 nitrogen and oxygen atoms in total. The minimum Gasteiger partial charge on any atom is -0.480 e. The van der Waals surface area contributed by atoms with Crippen LogP contribution < -0.4 is 0 Å². The van der Waals surface area contributed by atoms with Gasteiger partial charge in [-0.25, -0.2) is 9.78 Å². The molecule has 1 atom stereocenters. The monoisotopic (exact) mass is 349 g/mol. The molecule has 0 aliphatic carbocycles. The summed E-state index contributed by atoms with van der Waals surface area (Å²) in [6.07, 6.45) is 0.322. The first-order chi connectivity index (χ1) is 12.5. The van der Waals surface area contributed by atoms with Crippen LogP contribution in [0, 0.1) is 6.92 Å². The van der Waals surface area contributed by atoms with Crippen LogP contribution in [0.4, 0.5) is 0 Å². The van der Waals surface area contributed by atoms with Gasteiger partial charge in [0, 0.05) is 25.6 Å². The second-order valence-electron chi connectivity index (χ2n) is 6.68. The lowest BCUT2D eigenvalue weighted by Gasteiger charge is -2.34. The minimum atomic E-state index is -0.984. The molecule has 0 saturated heterocycles. The second-order valence-corrected chi connectivity index (χ2v) is 6.68. The van der Waals surface area contributed by atoms with Crippen LogP contribution in [-0.2, 0) is 24.8 Å². The number of carbonyl (C=O) groups excluding carboxylic acids is 1. The molecule has 2 aromatic carbocycles. The van der Waals surface area contributed by atoms with Crippen molar-refractivity contribution in [2.45, 2.75) is 25.9 Å². The number of nitrogens with zero attached hydrogens (tertiary/aromatic N) is 3. The molecule has 0 saturated carbocycles. The van der Waals surface area contributed by atoms with E-state index in [9.17, 15) is 14.7 Å². The zero-order valence-corrected chi connectivity index (χ0v) is 14.6. The van der Waals surface area contributed by atoms with Gasteiger partial charge in [0.05, 0.1) is 11.0 Å². The molecule has 0 bridgehead atoms. The molecule has 0 radical (unpaired) electrons. The fourth-order valence-corrected chi connectivity index (χ4v) is 3.58. The van der Waals surface area contributed by atoms with Crippen molar-refractivity contribution >= 4 is 22.9 Å². The predicted molar refractivity (Wildman–Crippen MR) is 96.9 cm³/mol. The molecular formula is C20H19N3O3. The zero-order valence-electron chi connectivity index (χ0n) is 14.6. The number of hydrogen-bond acceptors (Lipinski definition) is 3. The van der Waals surface area contributed by atoms with E-state index >= 15 is 0 Å². The molecule has 1 aliphatic heterocycles. The molecule has 1 N–H and O–H groups in total. The van der Waals surface area contributed by atoms with E-state index in [-0.39, 0.29) is 5.91 Å². The van der Waals surface area contributed by atoms with Crippen molar-refractivity contribution in [2.24, 2.45) is 7.05 Å². The first-order valence-electron chi connectivity index (χ1n) is 8.49. The van der Waals surface area contributed by atoms with Crippen LogP contribution in [-0.4, -0.2) is 37.5 Å². The number of carboxylic acids is 1. The Balaban J connectivity index is 1.73. The topological polar surface area (TPSA) is 75.4 Å². The van der Waals surface area contributed by atoms with E-state index < -0.39 is 12.0 Å². The summed E-state index contributed by atoms with van der Waals surface area (Å²) in [6.45, 7) is 2.20. The largest absolute Gasteiger partial charge is 0.480 e. The summed E-state index contributed by atoms with van der Waals surface area (Å²) in [4.78, 5) is 30.8. The summed E-state index contributed by atoms with van der Waals surface area (Å²) in [7, 11) is 1.92. The van der Waals surface area contributed by atoms with E-state index in [1.54, 1.807) is 12.1 Å². The zero-order chi connectivity index (χ0) is 18.4. The highest BCUT2D eigenvalue weighted by Gasteiger charge is 2.35. The highest BCUT2D eigenvalue weighted by atomic mass is 16.4. The molecule has 132 valence electrons. The molecule has 6 heteroatoms. The summed E-state index contributed by atoms with van der Waals surface area (Å²) < 4.78 is 1.96. The van der Waals surface area contributed by atoms with Crippen molar-refractivity contribution in [3.05, 3.63) is 65.0 Å². The Hall–Kier alpha value is -3.15. The van der Waals surface area contributed by atoms with Gasteiger partial charge in [0.25, 0.3) is 5.91 Å². The number of carbonyl (C=O) groups is 2. The van der Waals surface area contributed by atoms with Crippen LogP contribution >= 0.6 is 0 Å². The van der Waals surface area contributed by atoms with Crippen LogP contribution in [0.3, 0.4) is 0 Å². The maximum atomic E-state index is 13.1. The Bertz CT molecular complexity index is 1040. The predicted octanol–water partition coefficient (Wildman–Crippen LogP) is 2.53. The molecule has 0 unspecified atom stereocenters. The van der Waals surface area contributed by atoms with Crippen molar-refractivity contribution < 1.29 is 14.7 Å². The highest BCUT2D eigenvalue weighted by Crippen LogP contribution is 2.26. The fourth-order valence-electron chi connectivity index (χ4n) is 3.58. The van der Waals surface area contributed by atoms with Gasteiger partial charge in [0.2, 0.25) is 0 Å². The summed E-state index contributed by atoms with van der Waals surface area (Å²) in [5.41, 5.74) is 4.12. The Morgan fingerprint density at radius 2 is 1.88 bits per heavy atom. The van der Waals surface area contributed by atoms with Gasteiger partial charge in [-0.15, -0.1) is 0 Å². The van der Waals surface area contributed by atoms with Crippen LogP contribution in [0.1, 0.15) is 27.3 Å². The number of carboxylic acid groups (broad SMARTS) is 1. The molecule has 26 heavy (non-hydrogen) atoms. The molecule has 4 rings (SSSR count). The first-order valence-corrected chi connectivity index (χ1v) is 8.49. The number of aromatic nitrogens is 2. The van der Waals surface area contributed by atoms with Gasteiger partial charge in [-0.2, -0.15) is 0 Å². The standard InChI is InChI=1S/C20H19N3O3/c1-12-21-16-9-14(7-8-17(16)22(12)2)19(24)23-11-15-6-4-3-5-13(15)10-18(23)20(25)26/h3-9,18H,10-11H2,1-2H3,(H,25,26)/t18-/m0/s1. The Kier molecular flexibility index (Phi) is 3.76. The van der Waals surface area contributed by atoms with Gasteiger partial charge in [-0.3, -0.25) is 4.79 Å². The van der Waals surface area contributed by atoms with Crippen molar-refractivity contribution in [2.75, 3.05) is 0 Å². The number of rotatable bonds is 2. The number of hydrogen-bond donors (Lipinski definition) is 1. The fraction of sp³-hybridized carbons (Fsp3) is 0.250. The van der Waals surface area contributed by atoms with E-state index in [0.29, 0.717) is 18.5 Å². The average molecular weight is 349 g/mol. The number of amides is 1. The van der Waals surface area contributed by atoms with Crippen LogP contribution in [0.5, 0.6) is 0 Å². The van der Waals surface area contributed by atoms with Crippen molar-refractivity contribution in [3.8, 4) is 0 Å². The SMILES string of the molecule is Cc1nc2cc(C(=O)N3Cc4ccccc4C[C@H]3C(=O)O)ccc2n1C. The molecule has 1 aromatic heterocycles. The quantitative estimate of drug-likeness (QED) is 0.771. The van der Waals surface area contributed by atoms with E-state index in [2.05, 4.69) is 4.98 Å². The van der Waals surface area contributed by atoms with Gasteiger partial charge < -0.3 is 14.6 Å². The van der Waals surface area contributed by atoms with Gasteiger partial charge in [-0.05, 0) is 36.2 Å². The number of benzene rings is 2. The molecule has 0 spiro atoms. The Labute approximate surface area is 150 Å². The van der Waals surface area contributed by atoms with Crippen molar-refractivity contribution in [1.82, 2.24) is 14.5 Å². The summed E-state index contributed by atoms with van der Waals surface area (Å²) in [5.74, 6) is -0.403. The molecule has 1 amide bonds. The first kappa shape index (κ1) is 16.3. The average Bonchev–Trinajstić information content (AvgIpc) is 2.93. The molecule has 3 aromatic rings. The third-order valence-corrected chi connectivity index (χ3v) is 5.15. The van der Waals surface area contributed by atoms with Gasteiger partial charge in [0.15, 0.2) is 0 Å². The summed E-state index contributed by atoms with van der Waals surface area (Å²) >= 11 is 0. The van der Waals surface area contributed by atoms with Crippen LogP contribution in [0.25, 0.3) is 11.0 Å². The highest BCUT2D eigenvalue weighted by molar-refractivity contribution is 5.99. The number of imidazole rings is 1. The molecule has 0 fully saturated rings. The van der Waals surface area contributed by atoms with E-state index in [0.717, 1.165) is 28.0 Å². The smallest absolute Gasteiger partial charge is 0.326 e.